The van der Waals surface area contributed by atoms with Gasteiger partial charge in [0.15, 0.2) is 0 Å². The zero-order valence-corrected chi connectivity index (χ0v) is 16.1. The molecule has 0 atom stereocenters. The Bertz CT molecular complexity index is 815. The van der Waals surface area contributed by atoms with Crippen molar-refractivity contribution >= 4 is 39.3 Å². The predicted molar refractivity (Wildman–Crippen MR) is 104 cm³/mol. The van der Waals surface area contributed by atoms with Crippen molar-refractivity contribution in [2.45, 2.75) is 37.1 Å². The summed E-state index contributed by atoms with van der Waals surface area (Å²) in [7, 11) is 0. The molecule has 1 aromatic carbocycles. The first-order valence-corrected chi connectivity index (χ1v) is 10.0. The van der Waals surface area contributed by atoms with Crippen molar-refractivity contribution < 1.29 is 4.79 Å². The van der Waals surface area contributed by atoms with E-state index in [1.165, 1.54) is 23.7 Å². The van der Waals surface area contributed by atoms with E-state index in [1.54, 1.807) is 0 Å². The second-order valence-corrected chi connectivity index (χ2v) is 7.92. The summed E-state index contributed by atoms with van der Waals surface area (Å²) in [5, 5.41) is 13.0. The Morgan fingerprint density at radius 2 is 2.04 bits per heavy atom. The van der Waals surface area contributed by atoms with Crippen molar-refractivity contribution in [1.29, 1.82) is 5.26 Å². The van der Waals surface area contributed by atoms with Gasteiger partial charge in [-0.3, -0.25) is 4.79 Å². The van der Waals surface area contributed by atoms with Crippen LogP contribution in [0.25, 0.3) is 0 Å². The molecule has 0 radical (unpaired) electrons. The number of aryl methyl sites for hydroxylation is 2. The first-order valence-electron chi connectivity index (χ1n) is 8.27. The number of rotatable bonds is 5. The Labute approximate surface area is 160 Å². The van der Waals surface area contributed by atoms with Gasteiger partial charge in [-0.05, 0) is 61.6 Å². The summed E-state index contributed by atoms with van der Waals surface area (Å²) in [6.07, 6.45) is 4.70. The molecule has 3 rings (SSSR count). The monoisotopic (exact) mass is 415 g/mol. The molecule has 25 heavy (non-hydrogen) atoms. The number of benzene rings is 1. The van der Waals surface area contributed by atoms with E-state index in [0.717, 1.165) is 40.1 Å². The SMILES string of the molecule is N#Cc1cc2c(nc1SCCC(=O)Nc1ccc(Br)cc1)CCCC2. The minimum absolute atomic E-state index is 0.0358. The summed E-state index contributed by atoms with van der Waals surface area (Å²) in [6, 6.07) is 11.7. The molecule has 1 heterocycles. The predicted octanol–water partition coefficient (Wildman–Crippen LogP) is 4.72. The van der Waals surface area contributed by atoms with Gasteiger partial charge in [-0.25, -0.2) is 4.98 Å². The lowest BCUT2D eigenvalue weighted by molar-refractivity contribution is -0.115. The maximum absolute atomic E-state index is 12.1. The van der Waals surface area contributed by atoms with Crippen molar-refractivity contribution in [2.24, 2.45) is 0 Å². The Morgan fingerprint density at radius 1 is 1.28 bits per heavy atom. The third-order valence-electron chi connectivity index (χ3n) is 4.08. The number of pyridine rings is 1. The number of fused-ring (bicyclic) bond motifs is 1. The van der Waals surface area contributed by atoms with Gasteiger partial charge in [-0.1, -0.05) is 15.9 Å². The van der Waals surface area contributed by atoms with Crippen LogP contribution in [-0.2, 0) is 17.6 Å². The molecule has 6 heteroatoms. The maximum Gasteiger partial charge on any atom is 0.225 e. The molecule has 0 unspecified atom stereocenters. The fourth-order valence-corrected chi connectivity index (χ4v) is 3.98. The smallest absolute Gasteiger partial charge is 0.225 e. The third kappa shape index (κ3) is 4.83. The van der Waals surface area contributed by atoms with Crippen molar-refractivity contribution in [2.75, 3.05) is 11.1 Å². The van der Waals surface area contributed by atoms with Crippen LogP contribution in [0.15, 0.2) is 39.8 Å². The van der Waals surface area contributed by atoms with Crippen LogP contribution in [-0.4, -0.2) is 16.6 Å². The molecule has 1 aliphatic rings. The van der Waals surface area contributed by atoms with E-state index in [9.17, 15) is 10.1 Å². The highest BCUT2D eigenvalue weighted by molar-refractivity contribution is 9.10. The number of anilines is 1. The Balaban J connectivity index is 1.57. The number of hydrogen-bond acceptors (Lipinski definition) is 4. The van der Waals surface area contributed by atoms with E-state index in [-0.39, 0.29) is 5.91 Å². The van der Waals surface area contributed by atoms with E-state index in [0.29, 0.717) is 17.7 Å². The maximum atomic E-state index is 12.1. The van der Waals surface area contributed by atoms with Crippen LogP contribution in [0.2, 0.25) is 0 Å². The number of hydrogen-bond donors (Lipinski definition) is 1. The van der Waals surface area contributed by atoms with Crippen molar-refractivity contribution in [3.05, 3.63) is 51.6 Å². The lowest BCUT2D eigenvalue weighted by Crippen LogP contribution is -2.12. The number of nitrogens with zero attached hydrogens (tertiary/aromatic N) is 2. The second kappa shape index (κ2) is 8.50. The van der Waals surface area contributed by atoms with E-state index in [2.05, 4.69) is 32.3 Å². The van der Waals surface area contributed by atoms with Gasteiger partial charge >= 0.3 is 0 Å². The summed E-state index contributed by atoms with van der Waals surface area (Å²) < 4.78 is 0.976. The number of carbonyl (C=O) groups excluding carboxylic acids is 1. The molecular formula is C19H18BrN3OS. The number of aromatic nitrogens is 1. The highest BCUT2D eigenvalue weighted by atomic mass is 79.9. The normalized spacial score (nSPS) is 13.0. The van der Waals surface area contributed by atoms with Crippen molar-refractivity contribution in [3.8, 4) is 6.07 Å². The van der Waals surface area contributed by atoms with Crippen LogP contribution >= 0.6 is 27.7 Å². The molecule has 0 saturated carbocycles. The average molecular weight is 416 g/mol. The lowest BCUT2D eigenvalue weighted by Gasteiger charge is -2.16. The molecule has 1 amide bonds. The quantitative estimate of drug-likeness (QED) is 0.717. The molecule has 1 aromatic heterocycles. The fourth-order valence-electron chi connectivity index (χ4n) is 2.80. The van der Waals surface area contributed by atoms with Crippen LogP contribution in [0.4, 0.5) is 5.69 Å². The molecule has 0 aliphatic heterocycles. The average Bonchev–Trinajstić information content (AvgIpc) is 2.63. The molecule has 2 aromatic rings. The van der Waals surface area contributed by atoms with Crippen LogP contribution in [0, 0.1) is 11.3 Å². The molecule has 0 spiro atoms. The first-order chi connectivity index (χ1) is 12.2. The van der Waals surface area contributed by atoms with Crippen LogP contribution in [0.5, 0.6) is 0 Å². The highest BCUT2D eigenvalue weighted by Crippen LogP contribution is 2.27. The van der Waals surface area contributed by atoms with Crippen LogP contribution in [0.3, 0.4) is 0 Å². The van der Waals surface area contributed by atoms with E-state index < -0.39 is 0 Å². The van der Waals surface area contributed by atoms with Gasteiger partial charge < -0.3 is 5.32 Å². The Morgan fingerprint density at radius 3 is 2.80 bits per heavy atom. The topological polar surface area (TPSA) is 65.8 Å². The van der Waals surface area contributed by atoms with Crippen molar-refractivity contribution in [3.63, 3.8) is 0 Å². The standard InChI is InChI=1S/C19H18BrN3OS/c20-15-5-7-16(8-6-15)22-18(24)9-10-25-19-14(12-21)11-13-3-1-2-4-17(13)23-19/h5-8,11H,1-4,9-10H2,(H,22,24). The Kier molecular flexibility index (Phi) is 6.11. The highest BCUT2D eigenvalue weighted by Gasteiger charge is 2.15. The summed E-state index contributed by atoms with van der Waals surface area (Å²) in [5.74, 6) is 0.564. The number of nitriles is 1. The van der Waals surface area contributed by atoms with Gasteiger partial charge in [0.05, 0.1) is 5.56 Å². The summed E-state index contributed by atoms with van der Waals surface area (Å²) in [5.41, 5.74) is 3.73. The van der Waals surface area contributed by atoms with E-state index in [1.807, 2.05) is 30.3 Å². The second-order valence-electron chi connectivity index (χ2n) is 5.92. The molecule has 4 nitrogen and oxygen atoms in total. The largest absolute Gasteiger partial charge is 0.326 e. The summed E-state index contributed by atoms with van der Waals surface area (Å²) >= 11 is 4.85. The molecule has 128 valence electrons. The minimum Gasteiger partial charge on any atom is -0.326 e. The van der Waals surface area contributed by atoms with E-state index >= 15 is 0 Å². The van der Waals surface area contributed by atoms with Crippen LogP contribution < -0.4 is 5.32 Å². The van der Waals surface area contributed by atoms with Gasteiger partial charge in [0, 0.05) is 28.0 Å². The Hall–Kier alpha value is -1.84. The van der Waals surface area contributed by atoms with Gasteiger partial charge in [0.1, 0.15) is 11.1 Å². The number of thioether (sulfide) groups is 1. The number of amides is 1. The van der Waals surface area contributed by atoms with Gasteiger partial charge in [0.25, 0.3) is 0 Å². The number of carbonyl (C=O) groups is 1. The first kappa shape index (κ1) is 18.0. The number of halogens is 1. The summed E-state index contributed by atoms with van der Waals surface area (Å²) in [4.78, 5) is 16.7. The molecule has 1 aliphatic carbocycles. The summed E-state index contributed by atoms with van der Waals surface area (Å²) in [6.45, 7) is 0. The van der Waals surface area contributed by atoms with Gasteiger partial charge in [-0.2, -0.15) is 5.26 Å². The van der Waals surface area contributed by atoms with Gasteiger partial charge in [-0.15, -0.1) is 11.8 Å². The molecule has 0 bridgehead atoms. The minimum atomic E-state index is -0.0358. The zero-order chi connectivity index (χ0) is 17.6. The van der Waals surface area contributed by atoms with Crippen molar-refractivity contribution in [1.82, 2.24) is 4.98 Å². The van der Waals surface area contributed by atoms with Gasteiger partial charge in [0.2, 0.25) is 5.91 Å². The zero-order valence-electron chi connectivity index (χ0n) is 13.7. The van der Waals surface area contributed by atoms with Crippen LogP contribution in [0.1, 0.15) is 36.1 Å². The molecular weight excluding hydrogens is 398 g/mol. The molecule has 1 N–H and O–H groups in total. The molecule has 0 saturated heterocycles. The fraction of sp³-hybridized carbons (Fsp3) is 0.316. The molecule has 0 fully saturated rings. The number of nitrogens with one attached hydrogen (secondary N) is 1. The third-order valence-corrected chi connectivity index (χ3v) is 5.60. The van der Waals surface area contributed by atoms with E-state index in [4.69, 9.17) is 0 Å². The lowest BCUT2D eigenvalue weighted by atomic mass is 9.95.